The van der Waals surface area contributed by atoms with Gasteiger partial charge in [0.05, 0.1) is 29.1 Å². The number of halogens is 2. The van der Waals surface area contributed by atoms with E-state index in [1.54, 1.807) is 34.0 Å². The first-order valence-corrected chi connectivity index (χ1v) is 12.5. The first kappa shape index (κ1) is 24.0. The third-order valence-corrected chi connectivity index (χ3v) is 6.74. The second-order valence-corrected chi connectivity index (χ2v) is 9.39. The molecule has 1 fully saturated rings. The van der Waals surface area contributed by atoms with Crippen molar-refractivity contribution >= 4 is 40.2 Å². The molecule has 9 heteroatoms. The highest BCUT2D eigenvalue weighted by molar-refractivity contribution is 6.31. The van der Waals surface area contributed by atoms with Gasteiger partial charge in [-0.3, -0.25) is 15.1 Å². The molecule has 188 valence electrons. The van der Waals surface area contributed by atoms with Crippen molar-refractivity contribution in [3.8, 4) is 5.69 Å². The first-order chi connectivity index (χ1) is 18.6. The normalized spacial score (nSPS) is 17.3. The lowest BCUT2D eigenvalue weighted by atomic mass is 9.92. The van der Waals surface area contributed by atoms with Crippen molar-refractivity contribution < 1.29 is 9.18 Å². The molecule has 1 aliphatic heterocycles. The van der Waals surface area contributed by atoms with Gasteiger partial charge in [-0.2, -0.15) is 0 Å². The molecule has 1 aliphatic rings. The van der Waals surface area contributed by atoms with Crippen molar-refractivity contribution in [1.29, 1.82) is 0 Å². The number of hydrogen-bond acceptors (Lipinski definition) is 5. The van der Waals surface area contributed by atoms with Gasteiger partial charge >= 0.3 is 0 Å². The van der Waals surface area contributed by atoms with Crippen LogP contribution in [0.3, 0.4) is 0 Å². The third-order valence-electron chi connectivity index (χ3n) is 6.51. The number of fused-ring (bicyclic) bond motifs is 1. The number of rotatable bonds is 7. The van der Waals surface area contributed by atoms with Gasteiger partial charge in [0.25, 0.3) is 0 Å². The molecule has 1 amide bonds. The zero-order valence-electron chi connectivity index (χ0n) is 20.1. The van der Waals surface area contributed by atoms with Crippen LogP contribution < -0.4 is 10.2 Å². The Labute approximate surface area is 223 Å². The number of β-lactam (4-membered cyclic amide) rings is 1. The molecule has 0 radical (unpaired) electrons. The lowest BCUT2D eigenvalue weighted by molar-refractivity contribution is -0.126. The number of carbonyl (C=O) groups excluding carboxylic acids is 1. The summed E-state index contributed by atoms with van der Waals surface area (Å²) in [6.45, 7) is 0.345. The lowest BCUT2D eigenvalue weighted by Gasteiger charge is -2.46. The highest BCUT2D eigenvalue weighted by Crippen LogP contribution is 2.30. The van der Waals surface area contributed by atoms with Crippen molar-refractivity contribution in [2.75, 3.05) is 4.90 Å². The Morgan fingerprint density at radius 3 is 2.66 bits per heavy atom. The minimum absolute atomic E-state index is 0.0938. The van der Waals surface area contributed by atoms with Crippen LogP contribution in [0.15, 0.2) is 97.3 Å². The van der Waals surface area contributed by atoms with Crippen LogP contribution in [0.4, 0.5) is 10.1 Å². The minimum Gasteiger partial charge on any atom is -0.302 e. The molecule has 1 N–H and O–H groups in total. The standard InChI is InChI=1S/C29H22ClFN6O/c30-20-7-12-24-25(16-20)32-15-14-26(24)36-18-22(34-35-36)17-33-28-27(13-6-19-4-2-1-3-5-19)37(29(28)38)23-10-8-21(31)9-11-23/h1-16,18,27-28,33H,17H2/b13-6+/t27-,28+/m1/s1. The largest absolute Gasteiger partial charge is 0.302 e. The molecular formula is C29H22ClFN6O. The van der Waals surface area contributed by atoms with E-state index in [9.17, 15) is 9.18 Å². The molecule has 3 heterocycles. The Morgan fingerprint density at radius 1 is 1.03 bits per heavy atom. The molecule has 0 saturated carbocycles. The van der Waals surface area contributed by atoms with Crippen LogP contribution in [0.5, 0.6) is 0 Å². The van der Waals surface area contributed by atoms with E-state index in [4.69, 9.17) is 11.6 Å². The van der Waals surface area contributed by atoms with Gasteiger partial charge in [0.2, 0.25) is 5.91 Å². The fourth-order valence-corrected chi connectivity index (χ4v) is 4.77. The molecule has 38 heavy (non-hydrogen) atoms. The number of aromatic nitrogens is 4. The highest BCUT2D eigenvalue weighted by Gasteiger charge is 2.46. The van der Waals surface area contributed by atoms with E-state index < -0.39 is 6.04 Å². The Bertz CT molecular complexity index is 1640. The molecule has 0 bridgehead atoms. The van der Waals surface area contributed by atoms with Crippen molar-refractivity contribution in [1.82, 2.24) is 25.3 Å². The van der Waals surface area contributed by atoms with Crippen LogP contribution in [0.2, 0.25) is 5.02 Å². The SMILES string of the molecule is O=C1[C@@H](NCc2cn(-c3ccnc4cc(Cl)ccc34)nn2)[C@@H](/C=C/c2ccccc2)N1c1ccc(F)cc1. The van der Waals surface area contributed by atoms with Crippen LogP contribution in [0.25, 0.3) is 22.7 Å². The third kappa shape index (κ3) is 4.67. The summed E-state index contributed by atoms with van der Waals surface area (Å²) in [6, 6.07) is 22.5. The Morgan fingerprint density at radius 2 is 1.84 bits per heavy atom. The van der Waals surface area contributed by atoms with Gasteiger partial charge < -0.3 is 4.90 Å². The monoisotopic (exact) mass is 524 g/mol. The molecule has 3 aromatic carbocycles. The maximum Gasteiger partial charge on any atom is 0.247 e. The maximum absolute atomic E-state index is 13.5. The lowest BCUT2D eigenvalue weighted by Crippen LogP contribution is -2.69. The Hall–Kier alpha value is -4.40. The van der Waals surface area contributed by atoms with Crippen LogP contribution in [0, 0.1) is 5.82 Å². The van der Waals surface area contributed by atoms with Gasteiger partial charge in [-0.15, -0.1) is 5.10 Å². The molecule has 2 atom stereocenters. The van der Waals surface area contributed by atoms with Crippen molar-refractivity contribution in [3.05, 3.63) is 119 Å². The number of benzene rings is 3. The van der Waals surface area contributed by atoms with Gasteiger partial charge in [-0.1, -0.05) is 59.3 Å². The van der Waals surface area contributed by atoms with E-state index in [2.05, 4.69) is 20.6 Å². The topological polar surface area (TPSA) is 75.9 Å². The molecular weight excluding hydrogens is 503 g/mol. The first-order valence-electron chi connectivity index (χ1n) is 12.1. The quantitative estimate of drug-likeness (QED) is 0.296. The number of pyridine rings is 1. The van der Waals surface area contributed by atoms with Crippen LogP contribution in [-0.2, 0) is 11.3 Å². The van der Waals surface area contributed by atoms with Crippen LogP contribution >= 0.6 is 11.6 Å². The summed E-state index contributed by atoms with van der Waals surface area (Å²) in [5.41, 5.74) is 3.95. The van der Waals surface area contributed by atoms with E-state index in [1.165, 1.54) is 12.1 Å². The number of hydrogen-bond donors (Lipinski definition) is 1. The van der Waals surface area contributed by atoms with E-state index in [0.29, 0.717) is 22.9 Å². The van der Waals surface area contributed by atoms with Gasteiger partial charge in [-0.05, 0) is 54.1 Å². The predicted molar refractivity (Wildman–Crippen MR) is 145 cm³/mol. The summed E-state index contributed by atoms with van der Waals surface area (Å²) in [6.07, 6.45) is 7.50. The molecule has 1 saturated heterocycles. The van der Waals surface area contributed by atoms with E-state index in [1.807, 2.05) is 66.9 Å². The molecule has 5 aromatic rings. The smallest absolute Gasteiger partial charge is 0.247 e. The maximum atomic E-state index is 13.5. The summed E-state index contributed by atoms with van der Waals surface area (Å²) in [5.74, 6) is -0.440. The van der Waals surface area contributed by atoms with Crippen LogP contribution in [-0.4, -0.2) is 38.0 Å². The molecule has 0 unspecified atom stereocenters. The van der Waals surface area contributed by atoms with E-state index in [-0.39, 0.29) is 17.8 Å². The molecule has 7 nitrogen and oxygen atoms in total. The van der Waals surface area contributed by atoms with Gasteiger partial charge in [0, 0.05) is 28.8 Å². The Balaban J connectivity index is 1.21. The fourth-order valence-electron chi connectivity index (χ4n) is 4.61. The highest BCUT2D eigenvalue weighted by atomic mass is 35.5. The Kier molecular flexibility index (Phi) is 6.41. The summed E-state index contributed by atoms with van der Waals surface area (Å²) < 4.78 is 15.2. The van der Waals surface area contributed by atoms with Gasteiger partial charge in [0.15, 0.2) is 0 Å². The summed E-state index contributed by atoms with van der Waals surface area (Å²) in [5, 5.41) is 13.4. The van der Waals surface area contributed by atoms with Crippen molar-refractivity contribution in [2.24, 2.45) is 0 Å². The molecule has 0 aliphatic carbocycles. The zero-order chi connectivity index (χ0) is 26.1. The zero-order valence-corrected chi connectivity index (χ0v) is 20.8. The number of nitrogens with zero attached hydrogens (tertiary/aromatic N) is 5. The number of carbonyl (C=O) groups is 1. The average Bonchev–Trinajstić information content (AvgIpc) is 3.41. The summed E-state index contributed by atoms with van der Waals surface area (Å²) in [4.78, 5) is 19.2. The summed E-state index contributed by atoms with van der Waals surface area (Å²) >= 11 is 6.11. The second-order valence-electron chi connectivity index (χ2n) is 8.95. The number of anilines is 1. The molecule has 0 spiro atoms. The average molecular weight is 525 g/mol. The fraction of sp³-hybridized carbons (Fsp3) is 0.103. The molecule has 2 aromatic heterocycles. The van der Waals surface area contributed by atoms with Gasteiger partial charge in [0.1, 0.15) is 11.9 Å². The van der Waals surface area contributed by atoms with Gasteiger partial charge in [-0.25, -0.2) is 9.07 Å². The van der Waals surface area contributed by atoms with Crippen molar-refractivity contribution in [2.45, 2.75) is 18.6 Å². The predicted octanol–water partition coefficient (Wildman–Crippen LogP) is 5.20. The number of amides is 1. The van der Waals surface area contributed by atoms with Crippen molar-refractivity contribution in [3.63, 3.8) is 0 Å². The van der Waals surface area contributed by atoms with E-state index >= 15 is 0 Å². The minimum atomic E-state index is -0.464. The second kappa shape index (κ2) is 10.2. The number of nitrogens with one attached hydrogen (secondary N) is 1. The van der Waals surface area contributed by atoms with Crippen LogP contribution in [0.1, 0.15) is 11.3 Å². The summed E-state index contributed by atoms with van der Waals surface area (Å²) in [7, 11) is 0. The molecule has 6 rings (SSSR count). The van der Waals surface area contributed by atoms with E-state index in [0.717, 1.165) is 22.2 Å².